The monoisotopic (exact) mass is 551 g/mol. The van der Waals surface area contributed by atoms with E-state index in [0.717, 1.165) is 38.6 Å². The molecular weight excluding hydrogens is 526 g/mol. The predicted octanol–water partition coefficient (Wildman–Crippen LogP) is 5.91. The maximum Gasteiger partial charge on any atom is 0.217 e. The highest BCUT2D eigenvalue weighted by Crippen LogP contribution is 2.45. The molecule has 3 heterocycles. The zero-order valence-corrected chi connectivity index (χ0v) is 21.8. The lowest BCUT2D eigenvalue weighted by molar-refractivity contribution is -0.0192. The van der Waals surface area contributed by atoms with Gasteiger partial charge in [-0.2, -0.15) is 0 Å². The minimum atomic E-state index is -1.02. The van der Waals surface area contributed by atoms with E-state index in [2.05, 4.69) is 32.3 Å². The maximum absolute atomic E-state index is 12.3. The van der Waals surface area contributed by atoms with Gasteiger partial charge in [0.05, 0.1) is 18.2 Å². The summed E-state index contributed by atoms with van der Waals surface area (Å²) in [4.78, 5) is 9.30. The van der Waals surface area contributed by atoms with Crippen molar-refractivity contribution in [1.82, 2.24) is 15.3 Å². The number of nitrogens with zero attached hydrogens (tertiary/aromatic N) is 2. The molecule has 4 aromatic rings. The molecule has 2 unspecified atom stereocenters. The predicted molar refractivity (Wildman–Crippen MR) is 143 cm³/mol. The van der Waals surface area contributed by atoms with Crippen molar-refractivity contribution in [3.05, 3.63) is 99.2 Å². The third-order valence-corrected chi connectivity index (χ3v) is 7.53. The first kappa shape index (κ1) is 24.2. The Balaban J connectivity index is 1.60. The van der Waals surface area contributed by atoms with Gasteiger partial charge in [-0.15, -0.1) is 0 Å². The zero-order valence-electron chi connectivity index (χ0n) is 19.4. The number of methoxy groups -OCH3 is 1. The number of hydrogen-bond donors (Lipinski definition) is 2. The van der Waals surface area contributed by atoms with Crippen LogP contribution in [0, 0.1) is 0 Å². The Morgan fingerprint density at radius 2 is 2.00 bits per heavy atom. The van der Waals surface area contributed by atoms with Crippen molar-refractivity contribution in [3.8, 4) is 5.88 Å². The highest BCUT2D eigenvalue weighted by Gasteiger charge is 2.44. The Morgan fingerprint density at radius 1 is 1.17 bits per heavy atom. The van der Waals surface area contributed by atoms with Gasteiger partial charge in [0.15, 0.2) is 0 Å². The third kappa shape index (κ3) is 5.21. The fourth-order valence-corrected chi connectivity index (χ4v) is 5.73. The van der Waals surface area contributed by atoms with E-state index in [1.54, 1.807) is 7.11 Å². The van der Waals surface area contributed by atoms with Crippen LogP contribution < -0.4 is 10.1 Å². The van der Waals surface area contributed by atoms with Gasteiger partial charge >= 0.3 is 0 Å². The quantitative estimate of drug-likeness (QED) is 0.311. The first-order valence-electron chi connectivity index (χ1n) is 11.7. The molecule has 7 heteroatoms. The van der Waals surface area contributed by atoms with Crippen LogP contribution in [0.15, 0.2) is 77.4 Å². The van der Waals surface area contributed by atoms with Gasteiger partial charge in [0.2, 0.25) is 5.88 Å². The average Bonchev–Trinajstić information content (AvgIpc) is 2.85. The molecule has 0 saturated carbocycles. The summed E-state index contributed by atoms with van der Waals surface area (Å²) in [5.41, 5.74) is 2.67. The molecule has 1 aliphatic rings. The topological polar surface area (TPSA) is 67.3 Å². The molecule has 2 aromatic heterocycles. The second kappa shape index (κ2) is 10.2. The molecule has 2 N–H and O–H groups in total. The SMILES string of the molecule is COc1nc2ccc(Br)cc2cc1C(c1ccc(Cl)cc1)C1(O)CCN[C@H](Cc2ccccn2)C1. The van der Waals surface area contributed by atoms with Crippen molar-refractivity contribution in [2.24, 2.45) is 0 Å². The highest BCUT2D eigenvalue weighted by molar-refractivity contribution is 9.10. The molecule has 0 bridgehead atoms. The van der Waals surface area contributed by atoms with Crippen molar-refractivity contribution in [3.63, 3.8) is 0 Å². The average molecular weight is 553 g/mol. The fourth-order valence-electron chi connectivity index (χ4n) is 5.22. The van der Waals surface area contributed by atoms with Gasteiger partial charge in [-0.3, -0.25) is 4.98 Å². The van der Waals surface area contributed by atoms with E-state index < -0.39 is 5.60 Å². The third-order valence-electron chi connectivity index (χ3n) is 6.79. The fraction of sp³-hybridized carbons (Fsp3) is 0.286. The molecule has 2 aromatic carbocycles. The van der Waals surface area contributed by atoms with E-state index in [1.165, 1.54) is 0 Å². The van der Waals surface area contributed by atoms with Crippen molar-refractivity contribution in [1.29, 1.82) is 0 Å². The smallest absolute Gasteiger partial charge is 0.217 e. The molecule has 0 amide bonds. The van der Waals surface area contributed by atoms with Crippen LogP contribution in [-0.4, -0.2) is 40.4 Å². The van der Waals surface area contributed by atoms with Gasteiger partial charge in [0.25, 0.3) is 0 Å². The first-order chi connectivity index (χ1) is 16.9. The van der Waals surface area contributed by atoms with Gasteiger partial charge < -0.3 is 15.2 Å². The molecular formula is C28H27BrClN3O2. The van der Waals surface area contributed by atoms with E-state index >= 15 is 0 Å². The molecule has 180 valence electrons. The molecule has 0 spiro atoms. The van der Waals surface area contributed by atoms with Gasteiger partial charge in [-0.25, -0.2) is 4.98 Å². The largest absolute Gasteiger partial charge is 0.481 e. The normalized spacial score (nSPS) is 21.1. The van der Waals surface area contributed by atoms with E-state index in [9.17, 15) is 5.11 Å². The summed E-state index contributed by atoms with van der Waals surface area (Å²) in [6, 6.07) is 21.8. The van der Waals surface area contributed by atoms with Crippen molar-refractivity contribution < 1.29 is 9.84 Å². The van der Waals surface area contributed by atoms with Crippen LogP contribution in [-0.2, 0) is 6.42 Å². The van der Waals surface area contributed by atoms with Crippen LogP contribution in [0.25, 0.3) is 10.9 Å². The minimum absolute atomic E-state index is 0.0898. The molecule has 0 aliphatic carbocycles. The van der Waals surface area contributed by atoms with E-state index in [-0.39, 0.29) is 12.0 Å². The lowest BCUT2D eigenvalue weighted by atomic mass is 9.70. The molecule has 1 saturated heterocycles. The summed E-state index contributed by atoms with van der Waals surface area (Å²) in [5, 5.41) is 17.5. The number of piperidine rings is 1. The number of rotatable bonds is 6. The lowest BCUT2D eigenvalue weighted by Gasteiger charge is -2.43. The summed E-state index contributed by atoms with van der Waals surface area (Å²) < 4.78 is 6.76. The highest BCUT2D eigenvalue weighted by atomic mass is 79.9. The standard InChI is InChI=1S/C28H27BrClN3O2/c1-35-27-24(15-19-14-20(29)7-10-25(19)33-27)26(18-5-8-21(30)9-6-18)28(34)11-13-32-23(17-28)16-22-4-2-3-12-31-22/h2-10,12,14-15,23,26,32,34H,11,13,16-17H2,1H3/t23-,26?,28?/m1/s1. The maximum atomic E-state index is 12.3. The second-order valence-corrected chi connectivity index (χ2v) is 10.5. The molecule has 1 fully saturated rings. The van der Waals surface area contributed by atoms with E-state index in [0.29, 0.717) is 30.3 Å². The van der Waals surface area contributed by atoms with E-state index in [1.807, 2.05) is 66.9 Å². The van der Waals surface area contributed by atoms with Crippen LogP contribution >= 0.6 is 27.5 Å². The summed E-state index contributed by atoms with van der Waals surface area (Å²) in [6.45, 7) is 0.701. The van der Waals surface area contributed by atoms with Crippen LogP contribution in [0.4, 0.5) is 0 Å². The molecule has 0 radical (unpaired) electrons. The Kier molecular flexibility index (Phi) is 7.07. The van der Waals surface area contributed by atoms with Gasteiger partial charge in [-0.05, 0) is 73.5 Å². The zero-order chi connectivity index (χ0) is 24.4. The summed E-state index contributed by atoms with van der Waals surface area (Å²) in [7, 11) is 1.63. The molecule has 35 heavy (non-hydrogen) atoms. The Morgan fingerprint density at radius 3 is 2.74 bits per heavy atom. The van der Waals surface area contributed by atoms with Gasteiger partial charge in [0.1, 0.15) is 0 Å². The number of aromatic nitrogens is 2. The Labute approximate surface area is 218 Å². The van der Waals surface area contributed by atoms with Crippen LogP contribution in [0.1, 0.15) is 35.6 Å². The van der Waals surface area contributed by atoms with Crippen LogP contribution in [0.5, 0.6) is 5.88 Å². The van der Waals surface area contributed by atoms with Crippen LogP contribution in [0.2, 0.25) is 5.02 Å². The van der Waals surface area contributed by atoms with Crippen molar-refractivity contribution in [2.75, 3.05) is 13.7 Å². The van der Waals surface area contributed by atoms with Crippen LogP contribution in [0.3, 0.4) is 0 Å². The number of halogens is 2. The number of hydrogen-bond acceptors (Lipinski definition) is 5. The number of nitrogens with one attached hydrogen (secondary N) is 1. The number of ether oxygens (including phenoxy) is 1. The number of aliphatic hydroxyl groups is 1. The Bertz CT molecular complexity index is 1320. The van der Waals surface area contributed by atoms with E-state index in [4.69, 9.17) is 21.3 Å². The first-order valence-corrected chi connectivity index (χ1v) is 12.9. The molecule has 5 nitrogen and oxygen atoms in total. The van der Waals surface area contributed by atoms with Gasteiger partial charge in [0, 0.05) is 50.7 Å². The number of pyridine rings is 2. The summed E-state index contributed by atoms with van der Waals surface area (Å²) in [5.74, 6) is 0.173. The molecule has 1 aliphatic heterocycles. The van der Waals surface area contributed by atoms with Crippen molar-refractivity contribution in [2.45, 2.75) is 36.8 Å². The lowest BCUT2D eigenvalue weighted by Crippen LogP contribution is -2.52. The number of benzene rings is 2. The second-order valence-electron chi connectivity index (χ2n) is 9.14. The summed E-state index contributed by atoms with van der Waals surface area (Å²) in [6.07, 6.45) is 3.72. The van der Waals surface area contributed by atoms with Crippen molar-refractivity contribution >= 4 is 38.4 Å². The summed E-state index contributed by atoms with van der Waals surface area (Å²) >= 11 is 9.80. The minimum Gasteiger partial charge on any atom is -0.481 e. The molecule has 5 rings (SSSR count). The molecule has 3 atom stereocenters. The van der Waals surface area contributed by atoms with Gasteiger partial charge in [-0.1, -0.05) is 45.7 Å². The Hall–Kier alpha value is -2.51. The number of fused-ring (bicyclic) bond motifs is 1.